The first kappa shape index (κ1) is 17.6. The second-order valence-corrected chi connectivity index (χ2v) is 5.82. The molecular weight excluding hydrogens is 332 g/mol. The Morgan fingerprint density at radius 3 is 2.62 bits per heavy atom. The summed E-state index contributed by atoms with van der Waals surface area (Å²) >= 11 is 0. The summed E-state index contributed by atoms with van der Waals surface area (Å²) in [6.07, 6.45) is 1.37. The molecule has 0 radical (unpaired) electrons. The van der Waals surface area contributed by atoms with E-state index in [1.165, 1.54) is 4.68 Å². The summed E-state index contributed by atoms with van der Waals surface area (Å²) in [5.74, 6) is 0.492. The van der Waals surface area contributed by atoms with Crippen LogP contribution >= 0.6 is 0 Å². The first-order valence-electron chi connectivity index (χ1n) is 8.25. The summed E-state index contributed by atoms with van der Waals surface area (Å²) in [6, 6.07) is 16.4. The van der Waals surface area contributed by atoms with Crippen LogP contribution in [0.3, 0.4) is 0 Å². The molecule has 0 bridgehead atoms. The van der Waals surface area contributed by atoms with Gasteiger partial charge in [0.25, 0.3) is 0 Å². The molecular formula is C19H20N4O3. The van der Waals surface area contributed by atoms with Gasteiger partial charge in [0.15, 0.2) is 0 Å². The van der Waals surface area contributed by atoms with E-state index in [2.05, 4.69) is 15.6 Å². The number of nitrogens with one attached hydrogen (secondary N) is 1. The van der Waals surface area contributed by atoms with E-state index in [1.807, 2.05) is 37.3 Å². The average Bonchev–Trinajstić information content (AvgIpc) is 3.11. The van der Waals surface area contributed by atoms with E-state index >= 15 is 0 Å². The van der Waals surface area contributed by atoms with Crippen LogP contribution < -0.4 is 10.1 Å². The lowest BCUT2D eigenvalue weighted by molar-refractivity contribution is -0.116. The van der Waals surface area contributed by atoms with Gasteiger partial charge in [0, 0.05) is 5.69 Å². The van der Waals surface area contributed by atoms with Gasteiger partial charge in [0.05, 0.1) is 12.8 Å². The molecule has 1 atom stereocenters. The topological polar surface area (TPSA) is 89.3 Å². The third-order valence-corrected chi connectivity index (χ3v) is 3.75. The highest BCUT2D eigenvalue weighted by molar-refractivity contribution is 5.90. The van der Waals surface area contributed by atoms with Crippen molar-refractivity contribution in [2.75, 3.05) is 5.32 Å². The van der Waals surface area contributed by atoms with Gasteiger partial charge in [-0.2, -0.15) is 0 Å². The van der Waals surface area contributed by atoms with Gasteiger partial charge in [-0.3, -0.25) is 4.79 Å². The average molecular weight is 352 g/mol. The maximum atomic E-state index is 12.1. The molecule has 3 aromatic rings. The molecule has 134 valence electrons. The van der Waals surface area contributed by atoms with E-state index in [1.54, 1.807) is 30.5 Å². The van der Waals surface area contributed by atoms with Crippen LogP contribution in [0.25, 0.3) is 0 Å². The molecule has 7 heteroatoms. The van der Waals surface area contributed by atoms with E-state index in [0.29, 0.717) is 11.4 Å². The van der Waals surface area contributed by atoms with Gasteiger partial charge in [0.2, 0.25) is 5.91 Å². The van der Waals surface area contributed by atoms with Gasteiger partial charge in [-0.25, -0.2) is 4.68 Å². The van der Waals surface area contributed by atoms with Crippen molar-refractivity contribution in [1.29, 1.82) is 0 Å². The molecule has 1 heterocycles. The SMILES string of the molecule is CC(Oc1ccc(CO)cc1)c1cn(CC(=O)Nc2ccccc2)nn1. The highest BCUT2D eigenvalue weighted by Gasteiger charge is 2.13. The number of carbonyl (C=O) groups excluding carboxylic acids is 1. The predicted octanol–water partition coefficient (Wildman–Crippen LogP) is 2.55. The normalized spacial score (nSPS) is 11.8. The number of rotatable bonds is 7. The fraction of sp³-hybridized carbons (Fsp3) is 0.211. The molecule has 2 N–H and O–H groups in total. The van der Waals surface area contributed by atoms with Crippen molar-refractivity contribution in [3.63, 3.8) is 0 Å². The van der Waals surface area contributed by atoms with Gasteiger partial charge in [-0.05, 0) is 36.8 Å². The van der Waals surface area contributed by atoms with E-state index in [4.69, 9.17) is 9.84 Å². The summed E-state index contributed by atoms with van der Waals surface area (Å²) in [5, 5.41) is 19.9. The van der Waals surface area contributed by atoms with Crippen LogP contribution in [-0.2, 0) is 17.9 Å². The highest BCUT2D eigenvalue weighted by Crippen LogP contribution is 2.20. The van der Waals surface area contributed by atoms with Gasteiger partial charge in [-0.15, -0.1) is 5.10 Å². The monoisotopic (exact) mass is 352 g/mol. The van der Waals surface area contributed by atoms with Crippen molar-refractivity contribution < 1.29 is 14.6 Å². The van der Waals surface area contributed by atoms with Crippen molar-refractivity contribution in [3.05, 3.63) is 72.1 Å². The summed E-state index contributed by atoms with van der Waals surface area (Å²) in [4.78, 5) is 12.1. The van der Waals surface area contributed by atoms with Crippen LogP contribution in [0.5, 0.6) is 5.75 Å². The maximum Gasteiger partial charge on any atom is 0.246 e. The molecule has 0 aliphatic rings. The summed E-state index contributed by atoms with van der Waals surface area (Å²) in [6.45, 7) is 1.92. The number of ether oxygens (including phenoxy) is 1. The van der Waals surface area contributed by atoms with Crippen molar-refractivity contribution >= 4 is 11.6 Å². The van der Waals surface area contributed by atoms with Crippen molar-refractivity contribution in [3.8, 4) is 5.75 Å². The van der Waals surface area contributed by atoms with Gasteiger partial charge >= 0.3 is 0 Å². The molecule has 0 saturated heterocycles. The van der Waals surface area contributed by atoms with Gasteiger partial charge in [-0.1, -0.05) is 35.5 Å². The Hall–Kier alpha value is -3.19. The number of aromatic nitrogens is 3. The first-order chi connectivity index (χ1) is 12.6. The van der Waals surface area contributed by atoms with Crippen LogP contribution in [-0.4, -0.2) is 26.0 Å². The molecule has 0 saturated carbocycles. The highest BCUT2D eigenvalue weighted by atomic mass is 16.5. The number of aliphatic hydroxyl groups is 1. The second kappa shape index (κ2) is 8.26. The minimum Gasteiger partial charge on any atom is -0.484 e. The first-order valence-corrected chi connectivity index (χ1v) is 8.25. The second-order valence-electron chi connectivity index (χ2n) is 5.82. The predicted molar refractivity (Wildman–Crippen MR) is 96.5 cm³/mol. The fourth-order valence-electron chi connectivity index (χ4n) is 2.38. The number of nitrogens with zero attached hydrogens (tertiary/aromatic N) is 3. The summed E-state index contributed by atoms with van der Waals surface area (Å²) < 4.78 is 7.29. The van der Waals surface area contributed by atoms with Crippen LogP contribution in [0.15, 0.2) is 60.8 Å². The van der Waals surface area contributed by atoms with E-state index in [9.17, 15) is 4.79 Å². The molecule has 1 unspecified atom stereocenters. The third-order valence-electron chi connectivity index (χ3n) is 3.75. The fourth-order valence-corrected chi connectivity index (χ4v) is 2.38. The van der Waals surface area contributed by atoms with E-state index < -0.39 is 0 Å². The largest absolute Gasteiger partial charge is 0.484 e. The Bertz CT molecular complexity index is 847. The number of hydrogen-bond donors (Lipinski definition) is 2. The Morgan fingerprint density at radius 1 is 1.19 bits per heavy atom. The molecule has 1 aromatic heterocycles. The van der Waals surface area contributed by atoms with E-state index in [-0.39, 0.29) is 25.2 Å². The van der Waals surface area contributed by atoms with Crippen molar-refractivity contribution in [1.82, 2.24) is 15.0 Å². The number of benzene rings is 2. The minimum atomic E-state index is -0.319. The quantitative estimate of drug-likeness (QED) is 0.682. The Morgan fingerprint density at radius 2 is 1.92 bits per heavy atom. The number of amides is 1. The van der Waals surface area contributed by atoms with Crippen LogP contribution in [0.2, 0.25) is 0 Å². The van der Waals surface area contributed by atoms with Crippen LogP contribution in [0.4, 0.5) is 5.69 Å². The number of aliphatic hydroxyl groups excluding tert-OH is 1. The zero-order valence-electron chi connectivity index (χ0n) is 14.4. The van der Waals surface area contributed by atoms with Gasteiger partial charge < -0.3 is 15.2 Å². The Kier molecular flexibility index (Phi) is 5.60. The lowest BCUT2D eigenvalue weighted by atomic mass is 10.2. The molecule has 7 nitrogen and oxygen atoms in total. The third kappa shape index (κ3) is 4.67. The molecule has 26 heavy (non-hydrogen) atoms. The lowest BCUT2D eigenvalue weighted by Crippen LogP contribution is -2.19. The summed E-state index contributed by atoms with van der Waals surface area (Å²) in [7, 11) is 0. The standard InChI is InChI=1S/C19H20N4O3/c1-14(26-17-9-7-15(13-24)8-10-17)18-11-23(22-21-18)12-19(25)20-16-5-3-2-4-6-16/h2-11,14,24H,12-13H2,1H3,(H,20,25). The Labute approximate surface area is 151 Å². The number of carbonyl (C=O) groups is 1. The molecule has 1 amide bonds. The number of anilines is 1. The lowest BCUT2D eigenvalue weighted by Gasteiger charge is -2.12. The smallest absolute Gasteiger partial charge is 0.246 e. The molecule has 0 aliphatic heterocycles. The Balaban J connectivity index is 1.57. The van der Waals surface area contributed by atoms with E-state index in [0.717, 1.165) is 11.3 Å². The molecule has 0 spiro atoms. The maximum absolute atomic E-state index is 12.1. The summed E-state index contributed by atoms with van der Waals surface area (Å²) in [5.41, 5.74) is 2.19. The zero-order chi connectivity index (χ0) is 18.4. The molecule has 3 rings (SSSR count). The van der Waals surface area contributed by atoms with Crippen molar-refractivity contribution in [2.45, 2.75) is 26.2 Å². The molecule has 2 aromatic carbocycles. The molecule has 0 fully saturated rings. The number of hydrogen-bond acceptors (Lipinski definition) is 5. The van der Waals surface area contributed by atoms with Crippen molar-refractivity contribution in [2.24, 2.45) is 0 Å². The van der Waals surface area contributed by atoms with Crippen LogP contribution in [0.1, 0.15) is 24.3 Å². The zero-order valence-corrected chi connectivity index (χ0v) is 14.4. The minimum absolute atomic E-state index is 0.00476. The number of para-hydroxylation sites is 1. The van der Waals surface area contributed by atoms with Gasteiger partial charge in [0.1, 0.15) is 24.1 Å². The van der Waals surface area contributed by atoms with Crippen LogP contribution in [0, 0.1) is 0 Å². The molecule has 0 aliphatic carbocycles.